The first-order valence-electron chi connectivity index (χ1n) is 27.7. The van der Waals surface area contributed by atoms with Crippen LogP contribution in [0.4, 0.5) is 66.1 Å². The van der Waals surface area contributed by atoms with Crippen molar-refractivity contribution in [1.29, 1.82) is 0 Å². The van der Waals surface area contributed by atoms with E-state index in [-0.39, 0.29) is 60.7 Å². The Balaban J connectivity index is 0.000000179. The van der Waals surface area contributed by atoms with E-state index in [1.54, 1.807) is 29.2 Å². The van der Waals surface area contributed by atoms with Gasteiger partial charge in [-0.2, -0.15) is 26.3 Å². The average molecular weight is 1380 g/mol. The van der Waals surface area contributed by atoms with Crippen LogP contribution in [-0.2, 0) is 16.0 Å². The Kier molecular flexibility index (Phi) is 23.2. The van der Waals surface area contributed by atoms with Gasteiger partial charge in [0, 0.05) is 86.4 Å². The first-order valence-corrected chi connectivity index (χ1v) is 30.7. The van der Waals surface area contributed by atoms with Crippen LogP contribution in [0.25, 0.3) is 26.9 Å². The van der Waals surface area contributed by atoms with Crippen molar-refractivity contribution in [2.24, 2.45) is 0 Å². The highest BCUT2D eigenvalue weighted by atomic mass is 35.5. The number of nitrogens with one attached hydrogen (secondary N) is 3. The Morgan fingerprint density at radius 2 is 1.04 bits per heavy atom. The van der Waals surface area contributed by atoms with Gasteiger partial charge >= 0.3 is 29.8 Å². The quantitative estimate of drug-likeness (QED) is 0.0485. The molecule has 0 saturated carbocycles. The van der Waals surface area contributed by atoms with E-state index >= 15 is 0 Å². The van der Waals surface area contributed by atoms with Gasteiger partial charge in [-0.25, -0.2) is 41.6 Å². The zero-order chi connectivity index (χ0) is 67.5. The van der Waals surface area contributed by atoms with Gasteiger partial charge < -0.3 is 50.7 Å². The lowest BCUT2D eigenvalue weighted by atomic mass is 10.0. The highest BCUT2D eigenvalue weighted by Gasteiger charge is 2.47. The fourth-order valence-electron chi connectivity index (χ4n) is 9.14. The lowest BCUT2D eigenvalue weighted by Gasteiger charge is -2.26. The van der Waals surface area contributed by atoms with Crippen molar-refractivity contribution in [2.45, 2.75) is 54.2 Å². The number of rotatable bonds is 13. The smallest absolute Gasteiger partial charge is 0.393 e. The number of carbonyl (C=O) groups is 3. The number of alkyl halides is 6. The number of benzene rings is 2. The number of pyridine rings is 4. The summed E-state index contributed by atoms with van der Waals surface area (Å²) in [6.45, 7) is 0.304. The molecule has 0 unspecified atom stereocenters. The summed E-state index contributed by atoms with van der Waals surface area (Å²) in [6.07, 6.45) is 3.54. The minimum atomic E-state index is -5.48. The predicted octanol–water partition coefficient (Wildman–Crippen LogP) is 10.2. The predicted molar refractivity (Wildman–Crippen MR) is 327 cm³/mol. The molecule has 0 saturated heterocycles. The van der Waals surface area contributed by atoms with Crippen LogP contribution in [-0.4, -0.2) is 161 Å². The molecule has 22 nitrogen and oxygen atoms in total. The molecule has 10 rings (SSSR count). The second kappa shape index (κ2) is 30.6. The number of carbonyl (C=O) groups excluding carboxylic acids is 3. The molecule has 0 aliphatic carbocycles. The van der Waals surface area contributed by atoms with E-state index in [1.165, 1.54) is 57.9 Å². The number of hydrogen-bond acceptors (Lipinski definition) is 17. The Labute approximate surface area is 537 Å². The number of halogens is 10. The number of aliphatic hydroxyl groups excluding tert-OH is 6. The second-order valence-electron chi connectivity index (χ2n) is 20.5. The third-order valence-electron chi connectivity index (χ3n) is 14.3. The third-order valence-corrected chi connectivity index (χ3v) is 17.3. The minimum Gasteiger partial charge on any atom is -0.393 e. The van der Waals surface area contributed by atoms with Gasteiger partial charge in [0.05, 0.1) is 61.9 Å². The summed E-state index contributed by atoms with van der Waals surface area (Å²) < 4.78 is 127. The molecular formula is C59H55Cl2F8N11O11S2. The Morgan fingerprint density at radius 3 is 1.46 bits per heavy atom. The van der Waals surface area contributed by atoms with E-state index in [2.05, 4.69) is 40.9 Å². The number of thiazole rings is 1. The molecule has 0 spiro atoms. The number of sulfone groups is 1. The van der Waals surface area contributed by atoms with E-state index < -0.39 is 88.0 Å². The second-order valence-corrected chi connectivity index (χ2v) is 24.3. The first-order chi connectivity index (χ1) is 44.1. The maximum Gasteiger partial charge on any atom is 0.501 e. The molecule has 8 heterocycles. The fraction of sp³-hybridized carbons (Fsp3) is 0.288. The highest BCUT2D eigenvalue weighted by molar-refractivity contribution is 7.92. The Hall–Kier alpha value is -8.31. The van der Waals surface area contributed by atoms with E-state index in [0.29, 0.717) is 92.2 Å². The van der Waals surface area contributed by atoms with Crippen LogP contribution in [0.3, 0.4) is 0 Å². The monoisotopic (exact) mass is 1380 g/mol. The minimum absolute atomic E-state index is 0.0190. The summed E-state index contributed by atoms with van der Waals surface area (Å²) in [5, 5.41) is 64.7. The van der Waals surface area contributed by atoms with Crippen molar-refractivity contribution in [3.63, 3.8) is 0 Å². The topological polar surface area (TPSA) is 317 Å². The lowest BCUT2D eigenvalue weighted by Crippen LogP contribution is -2.38. The third kappa shape index (κ3) is 17.9. The fourth-order valence-corrected chi connectivity index (χ4v) is 11.4. The van der Waals surface area contributed by atoms with E-state index in [1.807, 2.05) is 6.08 Å². The molecule has 7 aromatic rings. The van der Waals surface area contributed by atoms with Gasteiger partial charge in [-0.05, 0) is 109 Å². The van der Waals surface area contributed by atoms with Gasteiger partial charge in [0.2, 0.25) is 0 Å². The first kappa shape index (κ1) is 70.6. The molecule has 93 heavy (non-hydrogen) atoms. The Bertz CT molecular complexity index is 4080. The van der Waals surface area contributed by atoms with Gasteiger partial charge in [-0.1, -0.05) is 52.8 Å². The molecule has 9 N–H and O–H groups in total. The largest absolute Gasteiger partial charge is 0.501 e. The summed E-state index contributed by atoms with van der Waals surface area (Å²) in [6, 6.07) is 12.7. The number of urea groups is 3. The zero-order valence-corrected chi connectivity index (χ0v) is 51.2. The van der Waals surface area contributed by atoms with Crippen molar-refractivity contribution < 1.29 is 88.6 Å². The van der Waals surface area contributed by atoms with Crippen molar-refractivity contribution >= 4 is 106 Å². The van der Waals surface area contributed by atoms with Crippen LogP contribution in [0.2, 0.25) is 10.0 Å². The molecule has 3 aliphatic rings. The maximum absolute atomic E-state index is 14.4. The molecule has 494 valence electrons. The number of anilines is 3. The molecule has 0 radical (unpaired) electrons. The van der Waals surface area contributed by atoms with Crippen LogP contribution in [0.5, 0.6) is 0 Å². The van der Waals surface area contributed by atoms with Crippen LogP contribution in [0.15, 0.2) is 121 Å². The molecule has 3 aliphatic heterocycles. The van der Waals surface area contributed by atoms with Crippen LogP contribution >= 0.6 is 34.5 Å². The molecule has 0 fully saturated rings. The maximum atomic E-state index is 14.4. The molecule has 2 aromatic carbocycles. The number of aliphatic hydroxyl groups is 6. The van der Waals surface area contributed by atoms with Crippen molar-refractivity contribution in [1.82, 2.24) is 39.6 Å². The van der Waals surface area contributed by atoms with Gasteiger partial charge in [-0.15, -0.1) is 0 Å². The van der Waals surface area contributed by atoms with E-state index in [9.17, 15) is 73.2 Å². The SMILES string of the molecule is O=C(Nc1ccc(C(F)(F)F)cn1)N1CC=C(c2ncc([C@H](O)CO)cc2Cl)CC1.O=C(Nc1ccc(S(=O)(=O)C(F)(F)F)cc1)N1CC=C(c2ncc([C@H](O)CO)cc2F)CC1.O=C(Nc1nc2ccc(F)cc2s1)N1CC=C(c2ncc([C@H](O)CO)cc2Cl)CC1. The molecule has 3 atom stereocenters. The number of aromatic nitrogens is 5. The molecule has 0 bridgehead atoms. The van der Waals surface area contributed by atoms with Crippen LogP contribution < -0.4 is 16.0 Å². The summed E-state index contributed by atoms with van der Waals surface area (Å²) in [7, 11) is -5.48. The zero-order valence-electron chi connectivity index (χ0n) is 48.1. The molecular weight excluding hydrogens is 1330 g/mol. The Morgan fingerprint density at radius 1 is 0.581 bits per heavy atom. The van der Waals surface area contributed by atoms with Gasteiger partial charge in [0.1, 0.15) is 41.5 Å². The molecule has 6 amide bonds. The summed E-state index contributed by atoms with van der Waals surface area (Å²) in [5.41, 5.74) is -1.17. The highest BCUT2D eigenvalue weighted by Crippen LogP contribution is 2.35. The van der Waals surface area contributed by atoms with E-state index in [0.717, 1.165) is 53.6 Å². The van der Waals surface area contributed by atoms with Crippen LogP contribution in [0, 0.1) is 11.6 Å². The van der Waals surface area contributed by atoms with Gasteiger partial charge in [0.15, 0.2) is 5.13 Å². The molecule has 34 heteroatoms. The number of hydrogen-bond donors (Lipinski definition) is 9. The van der Waals surface area contributed by atoms with Crippen LogP contribution in [0.1, 0.15) is 76.9 Å². The summed E-state index contributed by atoms with van der Waals surface area (Å²) >= 11 is 13.8. The summed E-state index contributed by atoms with van der Waals surface area (Å²) in [4.78, 5) is 61.3. The van der Waals surface area contributed by atoms with Crippen molar-refractivity contribution in [2.75, 3.05) is 75.0 Å². The van der Waals surface area contributed by atoms with Gasteiger partial charge in [-0.3, -0.25) is 25.6 Å². The standard InChI is InChI=1S/C20H18ClFN4O3S.C20H19F4N3O5S.C19H18ClF3N4O3/c21-14-7-12(16(28)10-27)9-23-18(14)11-3-5-26(6-4-11)20(29)25-19-24-15-2-1-13(22)8-17(15)30-19;21-16-9-13(17(29)11-28)10-25-18(16)12-5-7-27(8-6-12)19(30)26-14-1-3-15(4-2-14)33(31,32)20(22,23)24;20-14-7-12(15(29)10-28)8-25-17(14)11-3-5-27(6-4-11)18(30)26-16-2-1-13(9-24-16)19(21,22)23/h1-3,7-9,16,27-28H,4-6,10H2,(H,24,25,29);1-5,9-10,17,28-29H,6-8,11H2,(H,26,30);1-3,7-9,15,28-29H,4-6,10H2,(H,24,26,30)/t16-;17-;15-/m111/s1. The van der Waals surface area contributed by atoms with Crippen molar-refractivity contribution in [3.05, 3.63) is 177 Å². The van der Waals surface area contributed by atoms with E-state index in [4.69, 9.17) is 38.5 Å². The number of fused-ring (bicyclic) bond motifs is 1. The normalized spacial score (nSPS) is 15.5. The van der Waals surface area contributed by atoms with Gasteiger partial charge in [0.25, 0.3) is 9.84 Å². The number of nitrogens with zero attached hydrogens (tertiary/aromatic N) is 8. The number of amides is 6. The van der Waals surface area contributed by atoms with Crippen molar-refractivity contribution in [3.8, 4) is 0 Å². The lowest BCUT2D eigenvalue weighted by molar-refractivity contribution is -0.137. The molecule has 5 aromatic heterocycles. The summed E-state index contributed by atoms with van der Waals surface area (Å²) in [5.74, 6) is -1.01. The average Bonchev–Trinajstić information content (AvgIpc) is 1.74.